The highest BCUT2D eigenvalue weighted by atomic mass is 16.7. The summed E-state index contributed by atoms with van der Waals surface area (Å²) in [6.07, 6.45) is 0.914. The highest BCUT2D eigenvalue weighted by molar-refractivity contribution is 5.46. The van der Waals surface area contributed by atoms with Crippen LogP contribution in [0.3, 0.4) is 0 Å². The van der Waals surface area contributed by atoms with Crippen molar-refractivity contribution in [3.8, 4) is 11.5 Å². The van der Waals surface area contributed by atoms with Crippen LogP contribution in [0.15, 0.2) is 42.6 Å². The van der Waals surface area contributed by atoms with Crippen molar-refractivity contribution in [2.75, 3.05) is 6.79 Å². The first-order valence-corrected chi connectivity index (χ1v) is 5.33. The Morgan fingerprint density at radius 3 is 2.82 bits per heavy atom. The van der Waals surface area contributed by atoms with Gasteiger partial charge in [-0.05, 0) is 29.8 Å². The van der Waals surface area contributed by atoms with E-state index in [2.05, 4.69) is 4.98 Å². The summed E-state index contributed by atoms with van der Waals surface area (Å²) in [5.74, 6) is 1.37. The van der Waals surface area contributed by atoms with Crippen molar-refractivity contribution < 1.29 is 14.6 Å². The van der Waals surface area contributed by atoms with Crippen LogP contribution in [0.5, 0.6) is 11.5 Å². The summed E-state index contributed by atoms with van der Waals surface area (Å²) in [5.41, 5.74) is 1.36. The van der Waals surface area contributed by atoms with E-state index in [0.717, 1.165) is 5.56 Å². The molecule has 1 aromatic carbocycles. The molecule has 0 amide bonds. The van der Waals surface area contributed by atoms with Crippen molar-refractivity contribution in [1.29, 1.82) is 0 Å². The molecule has 3 rings (SSSR count). The van der Waals surface area contributed by atoms with Gasteiger partial charge in [-0.3, -0.25) is 4.98 Å². The van der Waals surface area contributed by atoms with E-state index >= 15 is 0 Å². The molecular weight excluding hydrogens is 218 g/mol. The fourth-order valence-electron chi connectivity index (χ4n) is 1.79. The molecule has 2 aromatic rings. The van der Waals surface area contributed by atoms with E-state index in [9.17, 15) is 5.11 Å². The molecule has 1 aliphatic heterocycles. The van der Waals surface area contributed by atoms with E-state index in [1.54, 1.807) is 24.4 Å². The standard InChI is InChI=1S/C13H11NO3/c15-13(10-3-1-2-6-14-10)9-4-5-11-12(7-9)17-8-16-11/h1-7,13,15H,8H2/t13-/m0/s1. The monoisotopic (exact) mass is 229 g/mol. The molecule has 0 bridgehead atoms. The number of ether oxygens (including phenoxy) is 2. The Hall–Kier alpha value is -2.07. The minimum Gasteiger partial charge on any atom is -0.454 e. The number of aromatic nitrogens is 1. The summed E-state index contributed by atoms with van der Waals surface area (Å²) in [7, 11) is 0. The summed E-state index contributed by atoms with van der Waals surface area (Å²) in [4.78, 5) is 4.13. The Morgan fingerprint density at radius 2 is 2.00 bits per heavy atom. The first-order valence-electron chi connectivity index (χ1n) is 5.33. The van der Waals surface area contributed by atoms with Crippen LogP contribution in [0.2, 0.25) is 0 Å². The average molecular weight is 229 g/mol. The van der Waals surface area contributed by atoms with Gasteiger partial charge in [0.2, 0.25) is 6.79 Å². The molecule has 0 radical (unpaired) electrons. The molecule has 1 atom stereocenters. The fraction of sp³-hybridized carbons (Fsp3) is 0.154. The first-order chi connectivity index (χ1) is 8.34. The van der Waals surface area contributed by atoms with Crippen LogP contribution in [0.4, 0.5) is 0 Å². The van der Waals surface area contributed by atoms with Gasteiger partial charge in [-0.1, -0.05) is 12.1 Å². The van der Waals surface area contributed by atoms with E-state index in [1.807, 2.05) is 18.2 Å². The van der Waals surface area contributed by atoms with Crippen LogP contribution >= 0.6 is 0 Å². The lowest BCUT2D eigenvalue weighted by Gasteiger charge is -2.10. The number of fused-ring (bicyclic) bond motifs is 1. The minimum absolute atomic E-state index is 0.235. The maximum atomic E-state index is 10.2. The van der Waals surface area contributed by atoms with Gasteiger partial charge in [-0.25, -0.2) is 0 Å². The average Bonchev–Trinajstić information content (AvgIpc) is 2.86. The maximum Gasteiger partial charge on any atom is 0.231 e. The molecule has 0 aliphatic carbocycles. The lowest BCUT2D eigenvalue weighted by molar-refractivity contribution is 0.173. The highest BCUT2D eigenvalue weighted by Crippen LogP contribution is 2.35. The number of nitrogens with zero attached hydrogens (tertiary/aromatic N) is 1. The van der Waals surface area contributed by atoms with Gasteiger partial charge < -0.3 is 14.6 Å². The molecule has 1 aliphatic rings. The van der Waals surface area contributed by atoms with Gasteiger partial charge in [0.15, 0.2) is 11.5 Å². The zero-order chi connectivity index (χ0) is 11.7. The summed E-state index contributed by atoms with van der Waals surface area (Å²) in [5, 5.41) is 10.2. The van der Waals surface area contributed by atoms with Crippen molar-refractivity contribution in [2.24, 2.45) is 0 Å². The quantitative estimate of drug-likeness (QED) is 0.854. The van der Waals surface area contributed by atoms with Gasteiger partial charge in [-0.2, -0.15) is 0 Å². The zero-order valence-electron chi connectivity index (χ0n) is 9.04. The normalized spacial score (nSPS) is 14.6. The first kappa shape index (κ1) is 10.1. The number of rotatable bonds is 2. The van der Waals surface area contributed by atoms with Crippen LogP contribution in [-0.2, 0) is 0 Å². The van der Waals surface area contributed by atoms with Crippen molar-refractivity contribution in [1.82, 2.24) is 4.98 Å². The Bertz CT molecular complexity index is 527. The molecule has 1 N–H and O–H groups in total. The Balaban J connectivity index is 1.94. The Kier molecular flexibility index (Phi) is 2.42. The molecule has 17 heavy (non-hydrogen) atoms. The van der Waals surface area contributed by atoms with Crippen LogP contribution in [0, 0.1) is 0 Å². The van der Waals surface area contributed by atoms with Gasteiger partial charge in [0.1, 0.15) is 6.10 Å². The van der Waals surface area contributed by atoms with Crippen LogP contribution in [0.1, 0.15) is 17.4 Å². The third-order valence-electron chi connectivity index (χ3n) is 2.68. The molecule has 4 heteroatoms. The van der Waals surface area contributed by atoms with Gasteiger partial charge in [-0.15, -0.1) is 0 Å². The highest BCUT2D eigenvalue weighted by Gasteiger charge is 2.17. The van der Waals surface area contributed by atoms with E-state index in [4.69, 9.17) is 9.47 Å². The lowest BCUT2D eigenvalue weighted by Crippen LogP contribution is -2.01. The molecule has 86 valence electrons. The van der Waals surface area contributed by atoms with Gasteiger partial charge >= 0.3 is 0 Å². The molecule has 2 heterocycles. The number of aliphatic hydroxyl groups is 1. The largest absolute Gasteiger partial charge is 0.454 e. The predicted octanol–water partition coefficient (Wildman–Crippen LogP) is 1.89. The summed E-state index contributed by atoms with van der Waals surface area (Å²) in [6.45, 7) is 0.235. The van der Waals surface area contributed by atoms with Crippen LogP contribution in [0.25, 0.3) is 0 Å². The van der Waals surface area contributed by atoms with Gasteiger partial charge in [0, 0.05) is 6.20 Å². The fourth-order valence-corrected chi connectivity index (χ4v) is 1.79. The Morgan fingerprint density at radius 1 is 1.12 bits per heavy atom. The molecule has 0 unspecified atom stereocenters. The van der Waals surface area contributed by atoms with Crippen molar-refractivity contribution in [2.45, 2.75) is 6.10 Å². The van der Waals surface area contributed by atoms with E-state index in [1.165, 1.54) is 0 Å². The van der Waals surface area contributed by atoms with E-state index < -0.39 is 6.10 Å². The number of aliphatic hydroxyl groups excluding tert-OH is 1. The summed E-state index contributed by atoms with van der Waals surface area (Å²) < 4.78 is 10.5. The van der Waals surface area contributed by atoms with Crippen molar-refractivity contribution >= 4 is 0 Å². The second kappa shape index (κ2) is 4.07. The summed E-state index contributed by atoms with van der Waals surface area (Å²) in [6, 6.07) is 10.8. The second-order valence-electron chi connectivity index (χ2n) is 3.77. The third-order valence-corrected chi connectivity index (χ3v) is 2.68. The van der Waals surface area contributed by atoms with Crippen molar-refractivity contribution in [3.05, 3.63) is 53.9 Å². The summed E-state index contributed by atoms with van der Waals surface area (Å²) >= 11 is 0. The number of pyridine rings is 1. The molecule has 1 aromatic heterocycles. The maximum absolute atomic E-state index is 10.2. The van der Waals surface area contributed by atoms with Crippen LogP contribution < -0.4 is 9.47 Å². The smallest absolute Gasteiger partial charge is 0.231 e. The molecule has 4 nitrogen and oxygen atoms in total. The van der Waals surface area contributed by atoms with Crippen molar-refractivity contribution in [3.63, 3.8) is 0 Å². The number of benzene rings is 1. The lowest BCUT2D eigenvalue weighted by atomic mass is 10.1. The van der Waals surface area contributed by atoms with Gasteiger partial charge in [0.25, 0.3) is 0 Å². The number of hydrogen-bond donors (Lipinski definition) is 1. The molecule has 0 saturated heterocycles. The van der Waals surface area contributed by atoms with Crippen LogP contribution in [-0.4, -0.2) is 16.9 Å². The van der Waals surface area contributed by atoms with E-state index in [-0.39, 0.29) is 6.79 Å². The molecular formula is C13H11NO3. The topological polar surface area (TPSA) is 51.6 Å². The third kappa shape index (κ3) is 1.83. The molecule has 0 spiro atoms. The minimum atomic E-state index is -0.745. The molecule has 0 saturated carbocycles. The second-order valence-corrected chi connectivity index (χ2v) is 3.77. The SMILES string of the molecule is O[C@@H](c1ccc2c(c1)OCO2)c1ccccn1. The Labute approximate surface area is 98.5 Å². The number of hydrogen-bond acceptors (Lipinski definition) is 4. The zero-order valence-corrected chi connectivity index (χ0v) is 9.04. The van der Waals surface area contributed by atoms with E-state index in [0.29, 0.717) is 17.2 Å². The van der Waals surface area contributed by atoms with Gasteiger partial charge in [0.05, 0.1) is 5.69 Å². The molecule has 0 fully saturated rings. The predicted molar refractivity (Wildman–Crippen MR) is 60.9 cm³/mol.